The van der Waals surface area contributed by atoms with E-state index in [0.29, 0.717) is 6.54 Å². The minimum atomic E-state index is -0.330. The zero-order valence-corrected chi connectivity index (χ0v) is 13.3. The summed E-state index contributed by atoms with van der Waals surface area (Å²) in [7, 11) is 0. The second-order valence-corrected chi connectivity index (χ2v) is 5.47. The number of aromatic hydroxyl groups is 1. The van der Waals surface area contributed by atoms with Crippen LogP contribution in [-0.4, -0.2) is 17.6 Å². The average Bonchev–Trinajstić information content (AvgIpc) is 2.46. The molecule has 0 spiro atoms. The van der Waals surface area contributed by atoms with Crippen molar-refractivity contribution in [2.75, 3.05) is 11.9 Å². The van der Waals surface area contributed by atoms with Crippen molar-refractivity contribution in [3.8, 4) is 5.75 Å². The van der Waals surface area contributed by atoms with E-state index in [1.165, 1.54) is 6.07 Å². The number of para-hydroxylation sites is 1. The van der Waals surface area contributed by atoms with Crippen LogP contribution in [-0.2, 0) is 6.54 Å². The van der Waals surface area contributed by atoms with Crippen LogP contribution in [0.5, 0.6) is 5.75 Å². The van der Waals surface area contributed by atoms with E-state index in [-0.39, 0.29) is 17.2 Å². The summed E-state index contributed by atoms with van der Waals surface area (Å²) in [6.07, 6.45) is 0. The van der Waals surface area contributed by atoms with Crippen molar-refractivity contribution in [1.29, 1.82) is 0 Å². The quantitative estimate of drug-likeness (QED) is 0.774. The third-order valence-corrected chi connectivity index (χ3v) is 3.53. The van der Waals surface area contributed by atoms with Gasteiger partial charge in [0.1, 0.15) is 5.75 Å². The van der Waals surface area contributed by atoms with E-state index < -0.39 is 0 Å². The maximum absolute atomic E-state index is 12.3. The van der Waals surface area contributed by atoms with Crippen LogP contribution >= 0.6 is 15.9 Å². The second kappa shape index (κ2) is 7.24. The molecule has 0 saturated heterocycles. The van der Waals surface area contributed by atoms with E-state index >= 15 is 0 Å². The molecule has 1 amide bonds. The number of halogens is 1. The number of anilines is 1. The standard InChI is InChI=1S/C16H17BrN2O2/c1-2-18-10-11-5-3-4-6-14(11)19-16(21)13-8-7-12(17)9-15(13)20/h3-9,18,20H,2,10H2,1H3,(H,19,21). The van der Waals surface area contributed by atoms with Gasteiger partial charge in [0.25, 0.3) is 5.91 Å². The zero-order chi connectivity index (χ0) is 15.2. The molecular formula is C16H17BrN2O2. The number of rotatable bonds is 5. The second-order valence-electron chi connectivity index (χ2n) is 4.55. The van der Waals surface area contributed by atoms with Gasteiger partial charge in [-0.3, -0.25) is 4.79 Å². The van der Waals surface area contributed by atoms with Crippen molar-refractivity contribution in [1.82, 2.24) is 5.32 Å². The molecule has 0 unspecified atom stereocenters. The number of carbonyl (C=O) groups excluding carboxylic acids is 1. The molecule has 0 radical (unpaired) electrons. The first-order valence-electron chi connectivity index (χ1n) is 6.70. The minimum Gasteiger partial charge on any atom is -0.507 e. The summed E-state index contributed by atoms with van der Waals surface area (Å²) in [5, 5.41) is 15.9. The number of hydrogen-bond acceptors (Lipinski definition) is 3. The Morgan fingerprint density at radius 1 is 1.24 bits per heavy atom. The van der Waals surface area contributed by atoms with E-state index in [2.05, 4.69) is 26.6 Å². The van der Waals surface area contributed by atoms with E-state index in [4.69, 9.17) is 0 Å². The molecule has 3 N–H and O–H groups in total. The molecule has 21 heavy (non-hydrogen) atoms. The molecule has 0 heterocycles. The number of hydrogen-bond donors (Lipinski definition) is 3. The van der Waals surface area contributed by atoms with Crippen LogP contribution in [0, 0.1) is 0 Å². The summed E-state index contributed by atoms with van der Waals surface area (Å²) in [5.74, 6) is -0.380. The smallest absolute Gasteiger partial charge is 0.259 e. The first-order chi connectivity index (χ1) is 10.1. The fourth-order valence-electron chi connectivity index (χ4n) is 1.94. The Morgan fingerprint density at radius 2 is 2.00 bits per heavy atom. The Hall–Kier alpha value is -1.85. The van der Waals surface area contributed by atoms with Crippen molar-refractivity contribution in [3.63, 3.8) is 0 Å². The summed E-state index contributed by atoms with van der Waals surface area (Å²) >= 11 is 3.25. The van der Waals surface area contributed by atoms with Crippen LogP contribution < -0.4 is 10.6 Å². The normalized spacial score (nSPS) is 10.4. The number of phenolic OH excluding ortho intramolecular Hbond substituents is 1. The number of benzene rings is 2. The van der Waals surface area contributed by atoms with E-state index in [1.54, 1.807) is 12.1 Å². The van der Waals surface area contributed by atoms with Gasteiger partial charge in [-0.25, -0.2) is 0 Å². The van der Waals surface area contributed by atoms with Crippen LogP contribution in [0.25, 0.3) is 0 Å². The van der Waals surface area contributed by atoms with Crippen molar-refractivity contribution < 1.29 is 9.90 Å². The Morgan fingerprint density at radius 3 is 2.71 bits per heavy atom. The fourth-order valence-corrected chi connectivity index (χ4v) is 2.29. The van der Waals surface area contributed by atoms with Crippen LogP contribution in [0.1, 0.15) is 22.8 Å². The highest BCUT2D eigenvalue weighted by atomic mass is 79.9. The molecule has 0 aliphatic heterocycles. The lowest BCUT2D eigenvalue weighted by molar-refractivity contribution is 0.102. The van der Waals surface area contributed by atoms with Gasteiger partial charge >= 0.3 is 0 Å². The van der Waals surface area contributed by atoms with Crippen molar-refractivity contribution >= 4 is 27.5 Å². The van der Waals surface area contributed by atoms with Crippen molar-refractivity contribution in [2.24, 2.45) is 0 Å². The van der Waals surface area contributed by atoms with Gasteiger partial charge in [-0.15, -0.1) is 0 Å². The molecule has 0 aliphatic carbocycles. The monoisotopic (exact) mass is 348 g/mol. The third kappa shape index (κ3) is 4.06. The lowest BCUT2D eigenvalue weighted by Crippen LogP contribution is -2.17. The van der Waals surface area contributed by atoms with E-state index in [9.17, 15) is 9.90 Å². The molecule has 0 saturated carbocycles. The van der Waals surface area contributed by atoms with Crippen LogP contribution in [0.15, 0.2) is 46.9 Å². The van der Waals surface area contributed by atoms with Gasteiger partial charge in [-0.1, -0.05) is 41.1 Å². The van der Waals surface area contributed by atoms with Gasteiger partial charge < -0.3 is 15.7 Å². The molecule has 0 aliphatic rings. The molecule has 0 bridgehead atoms. The highest BCUT2D eigenvalue weighted by molar-refractivity contribution is 9.10. The van der Waals surface area contributed by atoms with Gasteiger partial charge in [0, 0.05) is 16.7 Å². The summed E-state index contributed by atoms with van der Waals surface area (Å²) in [6.45, 7) is 3.57. The van der Waals surface area contributed by atoms with Gasteiger partial charge in [0.15, 0.2) is 0 Å². The van der Waals surface area contributed by atoms with E-state index in [0.717, 1.165) is 22.3 Å². The van der Waals surface area contributed by atoms with Crippen molar-refractivity contribution in [3.05, 3.63) is 58.1 Å². The highest BCUT2D eigenvalue weighted by Crippen LogP contribution is 2.24. The lowest BCUT2D eigenvalue weighted by atomic mass is 10.1. The minimum absolute atomic E-state index is 0.0500. The lowest BCUT2D eigenvalue weighted by Gasteiger charge is -2.12. The number of nitrogens with one attached hydrogen (secondary N) is 2. The SMILES string of the molecule is CCNCc1ccccc1NC(=O)c1ccc(Br)cc1O. The molecule has 2 aromatic carbocycles. The zero-order valence-electron chi connectivity index (χ0n) is 11.7. The van der Waals surface area contributed by atoms with Crippen LogP contribution in [0.3, 0.4) is 0 Å². The van der Waals surface area contributed by atoms with Gasteiger partial charge in [0.2, 0.25) is 0 Å². The predicted molar refractivity (Wildman–Crippen MR) is 87.6 cm³/mol. The Bertz CT molecular complexity index is 644. The topological polar surface area (TPSA) is 61.4 Å². The Labute approximate surface area is 132 Å². The van der Waals surface area contributed by atoms with Gasteiger partial charge in [-0.05, 0) is 36.4 Å². The summed E-state index contributed by atoms with van der Waals surface area (Å²) in [4.78, 5) is 12.3. The Balaban J connectivity index is 2.19. The molecule has 0 fully saturated rings. The average molecular weight is 349 g/mol. The summed E-state index contributed by atoms with van der Waals surface area (Å²) in [6, 6.07) is 12.4. The molecule has 110 valence electrons. The first-order valence-corrected chi connectivity index (χ1v) is 7.49. The largest absolute Gasteiger partial charge is 0.507 e. The van der Waals surface area contributed by atoms with Gasteiger partial charge in [0.05, 0.1) is 5.56 Å². The predicted octanol–water partition coefficient (Wildman–Crippen LogP) is 3.52. The van der Waals surface area contributed by atoms with Crippen molar-refractivity contribution in [2.45, 2.75) is 13.5 Å². The van der Waals surface area contributed by atoms with Crippen LogP contribution in [0.4, 0.5) is 5.69 Å². The van der Waals surface area contributed by atoms with Crippen LogP contribution in [0.2, 0.25) is 0 Å². The molecule has 2 aromatic rings. The number of amides is 1. The molecule has 4 nitrogen and oxygen atoms in total. The maximum atomic E-state index is 12.3. The van der Waals surface area contributed by atoms with E-state index in [1.807, 2.05) is 31.2 Å². The maximum Gasteiger partial charge on any atom is 0.259 e. The fraction of sp³-hybridized carbons (Fsp3) is 0.188. The number of carbonyl (C=O) groups is 1. The number of phenols is 1. The van der Waals surface area contributed by atoms with Gasteiger partial charge in [-0.2, -0.15) is 0 Å². The Kier molecular flexibility index (Phi) is 5.36. The highest BCUT2D eigenvalue weighted by Gasteiger charge is 2.13. The molecule has 5 heteroatoms. The molecule has 2 rings (SSSR count). The molecular weight excluding hydrogens is 332 g/mol. The third-order valence-electron chi connectivity index (χ3n) is 3.04. The molecule has 0 aromatic heterocycles. The summed E-state index contributed by atoms with van der Waals surface area (Å²) in [5.41, 5.74) is 1.99. The molecule has 0 atom stereocenters. The first kappa shape index (κ1) is 15.5. The summed E-state index contributed by atoms with van der Waals surface area (Å²) < 4.78 is 0.726.